The number of likely N-dealkylation sites (N-methyl/N-ethyl adjacent to an activating group) is 1. The molecule has 0 aliphatic rings. The van der Waals surface area contributed by atoms with E-state index in [9.17, 15) is 4.79 Å². The molecule has 3 rings (SSSR count). The van der Waals surface area contributed by atoms with Crippen molar-refractivity contribution < 1.29 is 9.53 Å². The highest BCUT2D eigenvalue weighted by atomic mass is 16.5. The van der Waals surface area contributed by atoms with Crippen LogP contribution in [0.15, 0.2) is 48.8 Å². The number of H-pyrrole nitrogens is 1. The Morgan fingerprint density at radius 1 is 1.32 bits per heavy atom. The maximum atomic E-state index is 12.7. The van der Waals surface area contributed by atoms with Crippen molar-refractivity contribution in [2.45, 2.75) is 13.5 Å². The highest BCUT2D eigenvalue weighted by molar-refractivity contribution is 5.93. The Labute approximate surface area is 146 Å². The molecule has 7 heteroatoms. The molecule has 0 unspecified atom stereocenters. The van der Waals surface area contributed by atoms with Gasteiger partial charge in [-0.25, -0.2) is 0 Å². The van der Waals surface area contributed by atoms with E-state index in [1.165, 1.54) is 0 Å². The van der Waals surface area contributed by atoms with E-state index in [1.54, 1.807) is 24.3 Å². The molecule has 0 aliphatic heterocycles. The van der Waals surface area contributed by atoms with Crippen molar-refractivity contribution in [3.05, 3.63) is 54.5 Å². The molecule has 0 saturated carbocycles. The molecule has 1 amide bonds. The topological polar surface area (TPSA) is 76.0 Å². The van der Waals surface area contributed by atoms with E-state index in [0.29, 0.717) is 25.3 Å². The first-order chi connectivity index (χ1) is 12.2. The molecule has 2 aromatic heterocycles. The molecule has 3 aromatic rings. The first kappa shape index (κ1) is 16.8. The van der Waals surface area contributed by atoms with Gasteiger partial charge in [-0.1, -0.05) is 0 Å². The van der Waals surface area contributed by atoms with Crippen molar-refractivity contribution in [2.75, 3.05) is 20.2 Å². The summed E-state index contributed by atoms with van der Waals surface area (Å²) in [5.41, 5.74) is 2.14. The molecule has 0 bridgehead atoms. The summed E-state index contributed by atoms with van der Waals surface area (Å²) in [6, 6.07) is 11.2. The summed E-state index contributed by atoms with van der Waals surface area (Å²) >= 11 is 0. The number of hydrogen-bond acceptors (Lipinski definition) is 4. The van der Waals surface area contributed by atoms with Crippen molar-refractivity contribution in [3.63, 3.8) is 0 Å². The van der Waals surface area contributed by atoms with Gasteiger partial charge in [-0.05, 0) is 43.3 Å². The number of ether oxygens (including phenoxy) is 1. The lowest BCUT2D eigenvalue weighted by Gasteiger charge is -2.19. The van der Waals surface area contributed by atoms with Crippen molar-refractivity contribution in [1.29, 1.82) is 0 Å². The summed E-state index contributed by atoms with van der Waals surface area (Å²) in [6.07, 6.45) is 3.62. The Kier molecular flexibility index (Phi) is 5.13. The number of aromatic nitrogens is 4. The minimum atomic E-state index is -0.0677. The van der Waals surface area contributed by atoms with E-state index < -0.39 is 0 Å². The third-order valence-electron chi connectivity index (χ3n) is 4.02. The summed E-state index contributed by atoms with van der Waals surface area (Å²) in [5, 5.41) is 11.3. The molecule has 130 valence electrons. The lowest BCUT2D eigenvalue weighted by Crippen LogP contribution is -2.34. The smallest absolute Gasteiger partial charge is 0.271 e. The number of amides is 1. The van der Waals surface area contributed by atoms with Crippen LogP contribution in [0.1, 0.15) is 17.4 Å². The van der Waals surface area contributed by atoms with Crippen LogP contribution in [0.25, 0.3) is 11.3 Å². The second kappa shape index (κ2) is 7.65. The summed E-state index contributed by atoms with van der Waals surface area (Å²) in [4.78, 5) is 14.5. The van der Waals surface area contributed by atoms with Crippen molar-refractivity contribution in [3.8, 4) is 17.0 Å². The van der Waals surface area contributed by atoms with Gasteiger partial charge in [-0.3, -0.25) is 14.6 Å². The molecule has 1 aromatic carbocycles. The monoisotopic (exact) mass is 339 g/mol. The predicted octanol–water partition coefficient (Wildman–Crippen LogP) is 2.44. The summed E-state index contributed by atoms with van der Waals surface area (Å²) in [5.74, 6) is 0.716. The van der Waals surface area contributed by atoms with Crippen molar-refractivity contribution in [2.24, 2.45) is 0 Å². The van der Waals surface area contributed by atoms with E-state index in [1.807, 2.05) is 48.1 Å². The number of nitrogens with one attached hydrogen (secondary N) is 1. The number of rotatable bonds is 7. The average molecular weight is 339 g/mol. The molecule has 0 radical (unpaired) electrons. The van der Waals surface area contributed by atoms with E-state index in [-0.39, 0.29) is 5.91 Å². The van der Waals surface area contributed by atoms with Gasteiger partial charge < -0.3 is 9.64 Å². The van der Waals surface area contributed by atoms with Gasteiger partial charge >= 0.3 is 0 Å². The molecule has 2 heterocycles. The second-order valence-electron chi connectivity index (χ2n) is 5.55. The summed E-state index contributed by atoms with van der Waals surface area (Å²) in [6.45, 7) is 3.83. The quantitative estimate of drug-likeness (QED) is 0.717. The standard InChI is InChI=1S/C18H21N5O2/c1-3-22(11-12-23-10-4-9-19-23)18(24)17-13-16(20-21-17)14-5-7-15(25-2)8-6-14/h4-10,13H,3,11-12H2,1-2H3,(H,20,21). The zero-order valence-electron chi connectivity index (χ0n) is 14.3. The highest BCUT2D eigenvalue weighted by Crippen LogP contribution is 2.21. The largest absolute Gasteiger partial charge is 0.497 e. The van der Waals surface area contributed by atoms with E-state index in [2.05, 4.69) is 15.3 Å². The first-order valence-corrected chi connectivity index (χ1v) is 8.17. The van der Waals surface area contributed by atoms with Gasteiger partial charge in [0.15, 0.2) is 0 Å². The van der Waals surface area contributed by atoms with Crippen LogP contribution in [0.2, 0.25) is 0 Å². The van der Waals surface area contributed by atoms with E-state index in [0.717, 1.165) is 17.0 Å². The Balaban J connectivity index is 1.69. The van der Waals surface area contributed by atoms with Gasteiger partial charge in [-0.15, -0.1) is 0 Å². The Morgan fingerprint density at radius 3 is 2.76 bits per heavy atom. The Bertz CT molecular complexity index is 808. The van der Waals surface area contributed by atoms with Gasteiger partial charge in [0, 0.05) is 31.0 Å². The average Bonchev–Trinajstić information content (AvgIpc) is 3.34. The number of nitrogens with zero attached hydrogens (tertiary/aromatic N) is 4. The van der Waals surface area contributed by atoms with Crippen LogP contribution in [0, 0.1) is 0 Å². The summed E-state index contributed by atoms with van der Waals surface area (Å²) in [7, 11) is 1.63. The molecule has 0 fully saturated rings. The SMILES string of the molecule is CCN(CCn1cccn1)C(=O)c1cc(-c2ccc(OC)cc2)n[nH]1. The van der Waals surface area contributed by atoms with Gasteiger partial charge in [0.05, 0.1) is 19.3 Å². The summed E-state index contributed by atoms with van der Waals surface area (Å²) < 4.78 is 6.97. The van der Waals surface area contributed by atoms with Crippen LogP contribution < -0.4 is 4.74 Å². The van der Waals surface area contributed by atoms with Gasteiger partial charge in [0.25, 0.3) is 5.91 Å². The Hall–Kier alpha value is -3.09. The highest BCUT2D eigenvalue weighted by Gasteiger charge is 2.17. The molecule has 0 atom stereocenters. The fourth-order valence-electron chi connectivity index (χ4n) is 2.57. The van der Waals surface area contributed by atoms with Crippen LogP contribution in [-0.4, -0.2) is 51.0 Å². The maximum Gasteiger partial charge on any atom is 0.271 e. The first-order valence-electron chi connectivity index (χ1n) is 8.17. The van der Waals surface area contributed by atoms with Crippen molar-refractivity contribution >= 4 is 5.91 Å². The molecular weight excluding hydrogens is 318 g/mol. The lowest BCUT2D eigenvalue weighted by molar-refractivity contribution is 0.0751. The fourth-order valence-corrected chi connectivity index (χ4v) is 2.57. The number of methoxy groups -OCH3 is 1. The van der Waals surface area contributed by atoms with E-state index in [4.69, 9.17) is 4.74 Å². The van der Waals surface area contributed by atoms with Crippen LogP contribution in [0.3, 0.4) is 0 Å². The fraction of sp³-hybridized carbons (Fsp3) is 0.278. The minimum Gasteiger partial charge on any atom is -0.497 e. The number of carbonyl (C=O) groups is 1. The lowest BCUT2D eigenvalue weighted by atomic mass is 10.1. The zero-order chi connectivity index (χ0) is 17.6. The molecule has 0 saturated heterocycles. The van der Waals surface area contributed by atoms with Gasteiger partial charge in [0.1, 0.15) is 11.4 Å². The number of hydrogen-bond donors (Lipinski definition) is 1. The third-order valence-corrected chi connectivity index (χ3v) is 4.02. The third kappa shape index (κ3) is 3.88. The normalized spacial score (nSPS) is 10.6. The van der Waals surface area contributed by atoms with Gasteiger partial charge in [0.2, 0.25) is 0 Å². The molecular formula is C18H21N5O2. The zero-order valence-corrected chi connectivity index (χ0v) is 14.3. The number of benzene rings is 1. The van der Waals surface area contributed by atoms with Crippen molar-refractivity contribution in [1.82, 2.24) is 24.9 Å². The van der Waals surface area contributed by atoms with Crippen LogP contribution in [0.4, 0.5) is 0 Å². The molecule has 0 spiro atoms. The molecule has 0 aliphatic carbocycles. The second-order valence-corrected chi connectivity index (χ2v) is 5.55. The van der Waals surface area contributed by atoms with Crippen LogP contribution in [-0.2, 0) is 6.54 Å². The van der Waals surface area contributed by atoms with E-state index >= 15 is 0 Å². The minimum absolute atomic E-state index is 0.0677. The van der Waals surface area contributed by atoms with Crippen LogP contribution >= 0.6 is 0 Å². The number of carbonyl (C=O) groups excluding carboxylic acids is 1. The predicted molar refractivity (Wildman–Crippen MR) is 94.4 cm³/mol. The maximum absolute atomic E-state index is 12.7. The molecule has 7 nitrogen and oxygen atoms in total. The molecule has 25 heavy (non-hydrogen) atoms. The Morgan fingerprint density at radius 2 is 2.12 bits per heavy atom. The molecule has 1 N–H and O–H groups in total. The van der Waals surface area contributed by atoms with Gasteiger partial charge in [-0.2, -0.15) is 10.2 Å². The van der Waals surface area contributed by atoms with Crippen LogP contribution in [0.5, 0.6) is 5.75 Å². The number of aromatic amines is 1.